The molecule has 0 radical (unpaired) electrons. The van der Waals surface area contributed by atoms with E-state index in [1.165, 1.54) is 0 Å². The Bertz CT molecular complexity index is 949. The summed E-state index contributed by atoms with van der Waals surface area (Å²) in [6.45, 7) is 6.84. The summed E-state index contributed by atoms with van der Waals surface area (Å²) >= 11 is 0. The number of hydrogen-bond donors (Lipinski definition) is 0. The Kier molecular flexibility index (Phi) is 7.05. The second kappa shape index (κ2) is 9.52. The summed E-state index contributed by atoms with van der Waals surface area (Å²) in [5.74, 6) is 1.89. The van der Waals surface area contributed by atoms with Crippen molar-refractivity contribution in [1.29, 1.82) is 0 Å². The second-order valence-corrected chi connectivity index (χ2v) is 7.99. The predicted octanol–water partition coefficient (Wildman–Crippen LogP) is 2.68. The molecule has 0 N–H and O–H groups in total. The SMILES string of the molecule is CCOCc1nc2c(N(C)CCN(C)C)nc3ccccc3c2n1CCN(C)C. The molecule has 1 aromatic carbocycles. The molecule has 0 fully saturated rings. The van der Waals surface area contributed by atoms with Gasteiger partial charge in [-0.15, -0.1) is 0 Å². The van der Waals surface area contributed by atoms with Crippen LogP contribution in [0.1, 0.15) is 12.7 Å². The molecule has 0 aliphatic heterocycles. The number of aromatic nitrogens is 3. The zero-order chi connectivity index (χ0) is 21.0. The first-order chi connectivity index (χ1) is 13.9. The molecule has 29 heavy (non-hydrogen) atoms. The third kappa shape index (κ3) is 4.86. The van der Waals surface area contributed by atoms with Crippen LogP contribution in [0.15, 0.2) is 24.3 Å². The fraction of sp³-hybridized carbons (Fsp3) is 0.545. The number of nitrogens with zero attached hydrogens (tertiary/aromatic N) is 6. The molecule has 3 aromatic rings. The third-order valence-corrected chi connectivity index (χ3v) is 5.09. The third-order valence-electron chi connectivity index (χ3n) is 5.09. The zero-order valence-electron chi connectivity index (χ0n) is 18.6. The fourth-order valence-corrected chi connectivity index (χ4v) is 3.43. The molecule has 7 heteroatoms. The Hall–Kier alpha value is -2.22. The van der Waals surface area contributed by atoms with Gasteiger partial charge in [0.05, 0.1) is 11.0 Å². The quantitative estimate of drug-likeness (QED) is 0.523. The van der Waals surface area contributed by atoms with Crippen molar-refractivity contribution in [2.24, 2.45) is 0 Å². The van der Waals surface area contributed by atoms with Crippen LogP contribution in [0.5, 0.6) is 0 Å². The van der Waals surface area contributed by atoms with Gasteiger partial charge >= 0.3 is 0 Å². The van der Waals surface area contributed by atoms with E-state index >= 15 is 0 Å². The summed E-state index contributed by atoms with van der Waals surface area (Å²) in [6.07, 6.45) is 0. The molecule has 2 aromatic heterocycles. The fourth-order valence-electron chi connectivity index (χ4n) is 3.43. The Balaban J connectivity index is 2.20. The van der Waals surface area contributed by atoms with Crippen molar-refractivity contribution in [1.82, 2.24) is 24.3 Å². The summed E-state index contributed by atoms with van der Waals surface area (Å²) < 4.78 is 8.07. The Labute approximate surface area is 173 Å². The van der Waals surface area contributed by atoms with E-state index < -0.39 is 0 Å². The Morgan fingerprint density at radius 3 is 2.34 bits per heavy atom. The number of ether oxygens (including phenoxy) is 1. The maximum Gasteiger partial charge on any atom is 0.157 e. The van der Waals surface area contributed by atoms with E-state index in [1.54, 1.807) is 0 Å². The van der Waals surface area contributed by atoms with Crippen LogP contribution in [0, 0.1) is 0 Å². The first-order valence-corrected chi connectivity index (χ1v) is 10.3. The number of likely N-dealkylation sites (N-methyl/N-ethyl adjacent to an activating group) is 3. The number of hydrogen-bond acceptors (Lipinski definition) is 6. The second-order valence-electron chi connectivity index (χ2n) is 7.99. The summed E-state index contributed by atoms with van der Waals surface area (Å²) in [5.41, 5.74) is 3.11. The average molecular weight is 399 g/mol. The molecular weight excluding hydrogens is 364 g/mol. The van der Waals surface area contributed by atoms with E-state index in [0.29, 0.717) is 13.2 Å². The monoisotopic (exact) mass is 398 g/mol. The number of para-hydroxylation sites is 1. The highest BCUT2D eigenvalue weighted by molar-refractivity contribution is 6.07. The number of rotatable bonds is 10. The van der Waals surface area contributed by atoms with Crippen LogP contribution < -0.4 is 4.90 Å². The summed E-state index contributed by atoms with van der Waals surface area (Å²) in [4.78, 5) is 16.6. The van der Waals surface area contributed by atoms with Crippen molar-refractivity contribution in [2.75, 3.05) is 66.4 Å². The maximum atomic E-state index is 5.75. The van der Waals surface area contributed by atoms with E-state index in [9.17, 15) is 0 Å². The van der Waals surface area contributed by atoms with Crippen LogP contribution in [0.25, 0.3) is 21.9 Å². The first-order valence-electron chi connectivity index (χ1n) is 10.3. The minimum absolute atomic E-state index is 0.508. The molecule has 0 spiro atoms. The molecule has 0 saturated heterocycles. The minimum Gasteiger partial charge on any atom is -0.374 e. The van der Waals surface area contributed by atoms with E-state index in [4.69, 9.17) is 14.7 Å². The number of benzene rings is 1. The van der Waals surface area contributed by atoms with Crippen LogP contribution >= 0.6 is 0 Å². The molecule has 0 bridgehead atoms. The van der Waals surface area contributed by atoms with Crippen LogP contribution in [-0.2, 0) is 17.9 Å². The highest BCUT2D eigenvalue weighted by Crippen LogP contribution is 2.32. The van der Waals surface area contributed by atoms with Crippen molar-refractivity contribution >= 4 is 27.8 Å². The van der Waals surface area contributed by atoms with Gasteiger partial charge in [-0.2, -0.15) is 0 Å². The molecular formula is C22H34N6O. The van der Waals surface area contributed by atoms with Crippen molar-refractivity contribution in [2.45, 2.75) is 20.1 Å². The van der Waals surface area contributed by atoms with Gasteiger partial charge in [0.15, 0.2) is 5.82 Å². The number of imidazole rings is 1. The van der Waals surface area contributed by atoms with Gasteiger partial charge in [0.25, 0.3) is 0 Å². The highest BCUT2D eigenvalue weighted by atomic mass is 16.5. The average Bonchev–Trinajstić information content (AvgIpc) is 3.06. The van der Waals surface area contributed by atoms with Crippen molar-refractivity contribution in [3.8, 4) is 0 Å². The molecule has 0 amide bonds. The predicted molar refractivity (Wildman–Crippen MR) is 121 cm³/mol. The first kappa shape index (κ1) is 21.5. The number of pyridine rings is 1. The van der Waals surface area contributed by atoms with Gasteiger partial charge in [0.2, 0.25) is 0 Å². The minimum atomic E-state index is 0.508. The van der Waals surface area contributed by atoms with Gasteiger partial charge in [0, 0.05) is 45.2 Å². The molecule has 0 atom stereocenters. The molecule has 0 aliphatic rings. The topological polar surface area (TPSA) is 49.7 Å². The van der Waals surface area contributed by atoms with Gasteiger partial charge in [0.1, 0.15) is 17.9 Å². The molecule has 0 saturated carbocycles. The van der Waals surface area contributed by atoms with Crippen LogP contribution in [0.4, 0.5) is 5.82 Å². The van der Waals surface area contributed by atoms with Gasteiger partial charge in [-0.3, -0.25) is 0 Å². The van der Waals surface area contributed by atoms with Crippen molar-refractivity contribution in [3.63, 3.8) is 0 Å². The smallest absolute Gasteiger partial charge is 0.157 e. The van der Waals surface area contributed by atoms with E-state index in [-0.39, 0.29) is 0 Å². The van der Waals surface area contributed by atoms with E-state index in [0.717, 1.165) is 59.8 Å². The summed E-state index contributed by atoms with van der Waals surface area (Å²) in [7, 11) is 10.5. The van der Waals surface area contributed by atoms with Gasteiger partial charge in [-0.25, -0.2) is 9.97 Å². The zero-order valence-corrected chi connectivity index (χ0v) is 18.6. The Morgan fingerprint density at radius 1 is 0.931 bits per heavy atom. The molecule has 2 heterocycles. The van der Waals surface area contributed by atoms with Crippen molar-refractivity contribution < 1.29 is 4.74 Å². The van der Waals surface area contributed by atoms with E-state index in [1.807, 2.05) is 13.0 Å². The highest BCUT2D eigenvalue weighted by Gasteiger charge is 2.20. The van der Waals surface area contributed by atoms with Gasteiger partial charge in [-0.1, -0.05) is 18.2 Å². The van der Waals surface area contributed by atoms with E-state index in [2.05, 4.69) is 72.7 Å². The molecule has 0 aliphatic carbocycles. The van der Waals surface area contributed by atoms with Gasteiger partial charge < -0.3 is 24.0 Å². The lowest BCUT2D eigenvalue weighted by Crippen LogP contribution is -2.29. The number of anilines is 1. The van der Waals surface area contributed by atoms with Crippen molar-refractivity contribution in [3.05, 3.63) is 30.1 Å². The molecule has 3 rings (SSSR count). The normalized spacial score (nSPS) is 12.0. The largest absolute Gasteiger partial charge is 0.374 e. The lowest BCUT2D eigenvalue weighted by Gasteiger charge is -2.21. The summed E-state index contributed by atoms with van der Waals surface area (Å²) in [6, 6.07) is 8.35. The summed E-state index contributed by atoms with van der Waals surface area (Å²) in [5, 5.41) is 1.14. The standard InChI is InChI=1S/C22H34N6O/c1-7-29-16-19-24-20-21(28(19)15-13-26(4)5)17-10-8-9-11-18(17)23-22(20)27(6)14-12-25(2)3/h8-11H,7,12-16H2,1-6H3. The van der Waals surface area contributed by atoms with Crippen LogP contribution in [-0.4, -0.2) is 85.8 Å². The Morgan fingerprint density at radius 2 is 1.66 bits per heavy atom. The number of fused-ring (bicyclic) bond motifs is 3. The molecule has 158 valence electrons. The lowest BCUT2D eigenvalue weighted by atomic mass is 10.2. The maximum absolute atomic E-state index is 5.75. The lowest BCUT2D eigenvalue weighted by molar-refractivity contribution is 0.125. The molecule has 7 nitrogen and oxygen atoms in total. The van der Waals surface area contributed by atoms with Crippen LogP contribution in [0.3, 0.4) is 0 Å². The van der Waals surface area contributed by atoms with Gasteiger partial charge in [-0.05, 0) is 41.2 Å². The van der Waals surface area contributed by atoms with Crippen LogP contribution in [0.2, 0.25) is 0 Å². The molecule has 0 unspecified atom stereocenters.